The van der Waals surface area contributed by atoms with E-state index >= 15 is 0 Å². The summed E-state index contributed by atoms with van der Waals surface area (Å²) in [5.74, 6) is 0.408. The van der Waals surface area contributed by atoms with Gasteiger partial charge in [0.2, 0.25) is 0 Å². The minimum absolute atomic E-state index is 0. The van der Waals surface area contributed by atoms with Gasteiger partial charge in [-0.15, -0.1) is 0 Å². The topological polar surface area (TPSA) is 76.0 Å². The molecule has 0 amide bonds. The Labute approximate surface area is 207 Å². The number of benzene rings is 3. The van der Waals surface area contributed by atoms with Crippen LogP contribution >= 0.6 is 0 Å². The molecular weight excluding hydrogens is 469 g/mol. The van der Waals surface area contributed by atoms with Gasteiger partial charge in [-0.2, -0.15) is 6.42 Å². The number of fused-ring (bicyclic) bond motifs is 6. The quantitative estimate of drug-likeness (QED) is 0.334. The number of unbranched alkanes of at least 4 members (excludes halogenated alkanes) is 1. The van der Waals surface area contributed by atoms with E-state index in [9.17, 15) is 15.0 Å². The second-order valence-corrected chi connectivity index (χ2v) is 6.93. The summed E-state index contributed by atoms with van der Waals surface area (Å²) < 4.78 is 11.8. The fraction of sp³-hybridized carbons (Fsp3) is 0.160. The number of ether oxygens (including phenoxy) is 2. The van der Waals surface area contributed by atoms with E-state index in [1.165, 1.54) is 30.7 Å². The van der Waals surface area contributed by atoms with Crippen LogP contribution in [0.1, 0.15) is 46.8 Å². The molecule has 2 heterocycles. The summed E-state index contributed by atoms with van der Waals surface area (Å²) in [6, 6.07) is 16.6. The van der Waals surface area contributed by atoms with Crippen LogP contribution in [0.15, 0.2) is 60.7 Å². The molecule has 2 aliphatic rings. The average Bonchev–Trinajstić information content (AvgIpc) is 3.01. The van der Waals surface area contributed by atoms with Crippen LogP contribution in [0.5, 0.6) is 23.0 Å². The molecule has 31 heavy (non-hydrogen) atoms. The van der Waals surface area contributed by atoms with Crippen molar-refractivity contribution in [1.29, 1.82) is 0 Å². The van der Waals surface area contributed by atoms with Gasteiger partial charge in [-0.05, 0) is 30.3 Å². The van der Waals surface area contributed by atoms with E-state index in [0.29, 0.717) is 33.8 Å². The average molecular weight is 493 g/mol. The van der Waals surface area contributed by atoms with Crippen LogP contribution in [0.4, 0.5) is 0 Å². The fourth-order valence-electron chi connectivity index (χ4n) is 3.65. The summed E-state index contributed by atoms with van der Waals surface area (Å²) in [6.07, 6.45) is 2.28. The molecule has 5 rings (SSSR count). The monoisotopic (exact) mass is 493 g/mol. The Morgan fingerprint density at radius 3 is 1.94 bits per heavy atom. The van der Waals surface area contributed by atoms with Gasteiger partial charge in [-0.1, -0.05) is 31.5 Å². The third-order valence-corrected chi connectivity index (χ3v) is 5.03. The molecule has 159 valence electrons. The minimum Gasteiger partial charge on any atom is -0.508 e. The Morgan fingerprint density at radius 1 is 0.903 bits per heavy atom. The maximum absolute atomic E-state index is 12.5. The molecule has 2 N–H and O–H groups in total. The van der Waals surface area contributed by atoms with Gasteiger partial charge < -0.3 is 34.0 Å². The van der Waals surface area contributed by atoms with Crippen LogP contribution in [0, 0.1) is 14.4 Å². The van der Waals surface area contributed by atoms with Crippen LogP contribution in [0.3, 0.4) is 0 Å². The Morgan fingerprint density at radius 2 is 1.42 bits per heavy atom. The van der Waals surface area contributed by atoms with Crippen molar-refractivity contribution in [3.8, 4) is 23.0 Å². The predicted molar refractivity (Wildman–Crippen MR) is 115 cm³/mol. The summed E-state index contributed by atoms with van der Waals surface area (Å²) in [5.41, 5.74) is 1.28. The summed E-state index contributed by atoms with van der Waals surface area (Å²) in [4.78, 5) is 12.5. The maximum atomic E-state index is 12.5. The van der Waals surface area contributed by atoms with Crippen molar-refractivity contribution in [2.45, 2.75) is 25.4 Å². The molecule has 3 aromatic rings. The molecule has 0 unspecified atom stereocenters. The largest absolute Gasteiger partial charge is 0.508 e. The van der Waals surface area contributed by atoms with Gasteiger partial charge in [0.15, 0.2) is 5.60 Å². The molecule has 1 radical (unpaired) electrons. The standard InChI is InChI=1S/C20H12O5.C4H9.CH3.Y/c21-11-5-7-15-17(9-11)24-18-10-12(22)6-8-16(18)20(15)14-4-2-1-3-13(14)19(23)25-20;1-3-4-2;;/h1-10,21-22H;1,3-4H2,2H3;1H3;/q;2*-1;. The van der Waals surface area contributed by atoms with Gasteiger partial charge in [0.05, 0.1) is 5.56 Å². The number of rotatable bonds is 1. The van der Waals surface area contributed by atoms with Crippen LogP contribution in [0.25, 0.3) is 0 Å². The first-order valence-corrected chi connectivity index (χ1v) is 9.48. The van der Waals surface area contributed by atoms with Crippen molar-refractivity contribution in [1.82, 2.24) is 0 Å². The number of hydrogen-bond donors (Lipinski definition) is 2. The third kappa shape index (κ3) is 4.09. The van der Waals surface area contributed by atoms with Gasteiger partial charge in [-0.3, -0.25) is 0 Å². The van der Waals surface area contributed by atoms with Crippen molar-refractivity contribution < 1.29 is 57.2 Å². The molecule has 0 bridgehead atoms. The Balaban J connectivity index is 0.000000527. The van der Waals surface area contributed by atoms with Crippen molar-refractivity contribution in [3.05, 3.63) is 97.3 Å². The van der Waals surface area contributed by atoms with E-state index in [-0.39, 0.29) is 51.6 Å². The minimum atomic E-state index is -1.17. The third-order valence-electron chi connectivity index (χ3n) is 5.03. The first kappa shape index (κ1) is 24.9. The fourth-order valence-corrected chi connectivity index (χ4v) is 3.65. The molecule has 3 aromatic carbocycles. The van der Waals surface area contributed by atoms with Crippen molar-refractivity contribution >= 4 is 5.97 Å². The van der Waals surface area contributed by atoms with E-state index in [0.717, 1.165) is 6.42 Å². The maximum Gasteiger partial charge on any atom is 0.340 e. The van der Waals surface area contributed by atoms with E-state index in [4.69, 9.17) is 9.47 Å². The molecule has 1 spiro atoms. The van der Waals surface area contributed by atoms with Gasteiger partial charge in [0.25, 0.3) is 0 Å². The Bertz CT molecular complexity index is 1040. The Kier molecular flexibility index (Phi) is 7.90. The van der Waals surface area contributed by atoms with Gasteiger partial charge in [0, 0.05) is 61.5 Å². The zero-order valence-electron chi connectivity index (χ0n) is 17.6. The number of phenols is 2. The molecule has 0 atom stereocenters. The van der Waals surface area contributed by atoms with Crippen LogP contribution in [-0.4, -0.2) is 16.2 Å². The van der Waals surface area contributed by atoms with Crippen molar-refractivity contribution in [3.63, 3.8) is 0 Å². The predicted octanol–water partition coefficient (Wildman–Crippen LogP) is 5.73. The number of hydrogen-bond acceptors (Lipinski definition) is 5. The number of aromatic hydroxyl groups is 2. The number of phenolic OH excluding ortho intramolecular Hbond substituents is 2. The van der Waals surface area contributed by atoms with Gasteiger partial charge >= 0.3 is 5.97 Å². The first-order valence-electron chi connectivity index (χ1n) is 9.48. The molecule has 0 aliphatic carbocycles. The number of esters is 1. The summed E-state index contributed by atoms with van der Waals surface area (Å²) in [7, 11) is 0. The second-order valence-electron chi connectivity index (χ2n) is 6.93. The van der Waals surface area contributed by atoms with Crippen molar-refractivity contribution in [2.75, 3.05) is 0 Å². The summed E-state index contributed by atoms with van der Waals surface area (Å²) >= 11 is 0. The van der Waals surface area contributed by atoms with E-state index < -0.39 is 11.6 Å². The normalized spacial score (nSPS) is 13.7. The SMILES string of the molecule is O=C1OC2(c3ccc(O)cc3Oc3cc(O)ccc32)c2ccccc21.[CH2-]CCC.[CH3-].[Y]. The van der Waals surface area contributed by atoms with Crippen LogP contribution in [-0.2, 0) is 43.0 Å². The molecule has 0 saturated carbocycles. The van der Waals surface area contributed by atoms with E-state index in [2.05, 4.69) is 13.8 Å². The zero-order valence-corrected chi connectivity index (χ0v) is 20.4. The van der Waals surface area contributed by atoms with Gasteiger partial charge in [-0.25, -0.2) is 4.79 Å². The summed E-state index contributed by atoms with van der Waals surface area (Å²) in [6.45, 7) is 5.72. The molecule has 0 fully saturated rings. The molecule has 6 heteroatoms. The van der Waals surface area contributed by atoms with E-state index in [1.54, 1.807) is 24.3 Å². The van der Waals surface area contributed by atoms with Gasteiger partial charge in [0.1, 0.15) is 23.0 Å². The smallest absolute Gasteiger partial charge is 0.340 e. The van der Waals surface area contributed by atoms with E-state index in [1.807, 2.05) is 12.1 Å². The second kappa shape index (κ2) is 9.84. The van der Waals surface area contributed by atoms with Crippen molar-refractivity contribution in [2.24, 2.45) is 0 Å². The summed E-state index contributed by atoms with van der Waals surface area (Å²) in [5, 5.41) is 19.7. The first-order chi connectivity index (χ1) is 14.0. The Hall–Kier alpha value is -2.37. The molecule has 0 saturated heterocycles. The number of carbonyl (C=O) groups is 1. The number of carbonyl (C=O) groups excluding carboxylic acids is 1. The van der Waals surface area contributed by atoms with Crippen LogP contribution < -0.4 is 4.74 Å². The molecule has 5 nitrogen and oxygen atoms in total. The van der Waals surface area contributed by atoms with Crippen LogP contribution in [0.2, 0.25) is 0 Å². The molecular formula is C25H24O5Y-2. The molecule has 0 aromatic heterocycles. The zero-order chi connectivity index (χ0) is 20.6. The molecule has 2 aliphatic heterocycles.